The maximum atomic E-state index is 12.0. The van der Waals surface area contributed by atoms with Gasteiger partial charge in [0, 0.05) is 4.47 Å². The summed E-state index contributed by atoms with van der Waals surface area (Å²) in [6, 6.07) is 8.75. The molecule has 0 atom stereocenters. The van der Waals surface area contributed by atoms with Gasteiger partial charge in [0.15, 0.2) is 18.1 Å². The highest BCUT2D eigenvalue weighted by atomic mass is 79.9. The van der Waals surface area contributed by atoms with Gasteiger partial charge in [-0.2, -0.15) is 5.10 Å². The van der Waals surface area contributed by atoms with Crippen LogP contribution in [0.5, 0.6) is 17.2 Å². The zero-order chi connectivity index (χ0) is 20.0. The molecule has 0 saturated carbocycles. The third-order valence-electron chi connectivity index (χ3n) is 3.88. The Hall–Kier alpha value is -2.54. The molecule has 0 fully saturated rings. The highest BCUT2D eigenvalue weighted by Crippen LogP contribution is 2.32. The molecule has 2 aromatic rings. The van der Waals surface area contributed by atoms with E-state index in [2.05, 4.69) is 40.3 Å². The van der Waals surface area contributed by atoms with Crippen molar-refractivity contribution in [2.75, 3.05) is 13.7 Å². The third-order valence-corrected chi connectivity index (χ3v) is 4.73. The predicted octanol–water partition coefficient (Wildman–Crippen LogP) is 4.12. The van der Waals surface area contributed by atoms with E-state index in [1.165, 1.54) is 19.4 Å². The fourth-order valence-corrected chi connectivity index (χ4v) is 2.75. The van der Waals surface area contributed by atoms with Gasteiger partial charge in [0.1, 0.15) is 5.75 Å². The van der Waals surface area contributed by atoms with Crippen LogP contribution < -0.4 is 14.9 Å². The maximum Gasteiger partial charge on any atom is 0.277 e. The average molecular weight is 435 g/mol. The van der Waals surface area contributed by atoms with Crippen molar-refractivity contribution in [1.82, 2.24) is 5.43 Å². The molecule has 0 radical (unpaired) electrons. The topological polar surface area (TPSA) is 80.2 Å². The number of hydrogen-bond donors (Lipinski definition) is 2. The summed E-state index contributed by atoms with van der Waals surface area (Å²) in [4.78, 5) is 12.0. The number of phenols is 1. The largest absolute Gasteiger partial charge is 0.504 e. The van der Waals surface area contributed by atoms with Gasteiger partial charge in [-0.05, 0) is 59.9 Å². The Balaban J connectivity index is 1.95. The van der Waals surface area contributed by atoms with Crippen LogP contribution >= 0.6 is 15.9 Å². The van der Waals surface area contributed by atoms with Crippen LogP contribution in [0.2, 0.25) is 0 Å². The summed E-state index contributed by atoms with van der Waals surface area (Å²) in [6.45, 7) is 5.96. The Bertz CT molecular complexity index is 850. The molecule has 6 nitrogen and oxygen atoms in total. The molecule has 7 heteroatoms. The number of halogens is 1. The molecule has 1 amide bonds. The lowest BCUT2D eigenvalue weighted by Gasteiger charge is -2.15. The summed E-state index contributed by atoms with van der Waals surface area (Å²) >= 11 is 3.52. The number of hydrazone groups is 1. The van der Waals surface area contributed by atoms with Crippen molar-refractivity contribution in [1.29, 1.82) is 0 Å². The minimum absolute atomic E-state index is 0.00272. The van der Waals surface area contributed by atoms with E-state index in [1.807, 2.05) is 19.1 Å². The lowest BCUT2D eigenvalue weighted by Crippen LogP contribution is -2.25. The minimum Gasteiger partial charge on any atom is -0.504 e. The first-order valence-electron chi connectivity index (χ1n) is 8.43. The van der Waals surface area contributed by atoms with Crippen LogP contribution in [0.15, 0.2) is 39.9 Å². The van der Waals surface area contributed by atoms with Crippen LogP contribution in [0.4, 0.5) is 0 Å². The summed E-state index contributed by atoms with van der Waals surface area (Å²) in [7, 11) is 1.47. The number of nitrogens with zero attached hydrogens (tertiary/aromatic N) is 1. The van der Waals surface area contributed by atoms with Crippen molar-refractivity contribution in [3.05, 3.63) is 51.5 Å². The van der Waals surface area contributed by atoms with E-state index in [0.717, 1.165) is 15.6 Å². The van der Waals surface area contributed by atoms with Crippen molar-refractivity contribution < 1.29 is 19.4 Å². The van der Waals surface area contributed by atoms with E-state index in [4.69, 9.17) is 9.47 Å². The molecule has 0 heterocycles. The van der Waals surface area contributed by atoms with Gasteiger partial charge in [0.2, 0.25) is 0 Å². The standard InChI is InChI=1S/C20H23BrN2O4/c1-12(2)15-9-16(21)13(3)7-19(15)27-11-20(25)23-22-10-14-5-6-18(26-4)17(24)8-14/h5-10,12,24H,11H2,1-4H3,(H,23,25)/b22-10+. The van der Waals surface area contributed by atoms with Gasteiger partial charge in [-0.1, -0.05) is 29.8 Å². The smallest absolute Gasteiger partial charge is 0.277 e. The van der Waals surface area contributed by atoms with Gasteiger partial charge in [-0.3, -0.25) is 4.79 Å². The van der Waals surface area contributed by atoms with E-state index < -0.39 is 0 Å². The zero-order valence-corrected chi connectivity index (χ0v) is 17.3. The van der Waals surface area contributed by atoms with E-state index in [0.29, 0.717) is 17.1 Å². The predicted molar refractivity (Wildman–Crippen MR) is 109 cm³/mol. The van der Waals surface area contributed by atoms with Gasteiger partial charge in [-0.25, -0.2) is 5.43 Å². The second-order valence-electron chi connectivity index (χ2n) is 6.31. The average Bonchev–Trinajstić information content (AvgIpc) is 2.62. The fourth-order valence-electron chi connectivity index (χ4n) is 2.39. The molecular weight excluding hydrogens is 412 g/mol. The molecular formula is C20H23BrN2O4. The van der Waals surface area contributed by atoms with E-state index >= 15 is 0 Å². The lowest BCUT2D eigenvalue weighted by molar-refractivity contribution is -0.123. The Labute approximate surface area is 167 Å². The van der Waals surface area contributed by atoms with Crippen molar-refractivity contribution >= 4 is 28.1 Å². The highest BCUT2D eigenvalue weighted by Gasteiger charge is 2.12. The number of carbonyl (C=O) groups is 1. The Morgan fingerprint density at radius 2 is 2.04 bits per heavy atom. The zero-order valence-electron chi connectivity index (χ0n) is 15.7. The van der Waals surface area contributed by atoms with E-state index in [9.17, 15) is 9.90 Å². The number of rotatable bonds is 7. The first kappa shape index (κ1) is 20.8. The van der Waals surface area contributed by atoms with Crippen molar-refractivity contribution in [2.24, 2.45) is 5.10 Å². The molecule has 0 aliphatic carbocycles. The van der Waals surface area contributed by atoms with Crippen LogP contribution in [0.25, 0.3) is 0 Å². The summed E-state index contributed by atoms with van der Waals surface area (Å²) in [5.41, 5.74) is 5.09. The second-order valence-corrected chi connectivity index (χ2v) is 7.16. The number of ether oxygens (including phenoxy) is 2. The van der Waals surface area contributed by atoms with Crippen molar-refractivity contribution in [3.8, 4) is 17.2 Å². The minimum atomic E-state index is -0.376. The number of nitrogens with one attached hydrogen (secondary N) is 1. The molecule has 27 heavy (non-hydrogen) atoms. The molecule has 0 aliphatic heterocycles. The van der Waals surface area contributed by atoms with Crippen LogP contribution in [-0.4, -0.2) is 30.9 Å². The molecule has 2 N–H and O–H groups in total. The molecule has 0 aromatic heterocycles. The Morgan fingerprint density at radius 1 is 1.30 bits per heavy atom. The van der Waals surface area contributed by atoms with E-state index in [1.54, 1.807) is 12.1 Å². The Morgan fingerprint density at radius 3 is 2.67 bits per heavy atom. The van der Waals surface area contributed by atoms with Gasteiger partial charge in [0.05, 0.1) is 13.3 Å². The van der Waals surface area contributed by atoms with Crippen LogP contribution in [-0.2, 0) is 4.79 Å². The molecule has 144 valence electrons. The molecule has 2 rings (SSSR count). The molecule has 0 saturated heterocycles. The summed E-state index contributed by atoms with van der Waals surface area (Å²) < 4.78 is 11.7. The number of aryl methyl sites for hydroxylation is 1. The highest BCUT2D eigenvalue weighted by molar-refractivity contribution is 9.10. The quantitative estimate of drug-likeness (QED) is 0.507. The number of methoxy groups -OCH3 is 1. The molecule has 2 aromatic carbocycles. The first-order chi connectivity index (χ1) is 12.8. The maximum absolute atomic E-state index is 12.0. The number of carbonyl (C=O) groups excluding carboxylic acids is 1. The molecule has 0 unspecified atom stereocenters. The number of aromatic hydroxyl groups is 1. The molecule has 0 bridgehead atoms. The summed E-state index contributed by atoms with van der Waals surface area (Å²) in [5, 5.41) is 13.6. The van der Waals surface area contributed by atoms with Crippen LogP contribution in [0.1, 0.15) is 36.5 Å². The van der Waals surface area contributed by atoms with Gasteiger partial charge >= 0.3 is 0 Å². The van der Waals surface area contributed by atoms with Crippen molar-refractivity contribution in [3.63, 3.8) is 0 Å². The third kappa shape index (κ3) is 5.72. The lowest BCUT2D eigenvalue weighted by atomic mass is 10.0. The van der Waals surface area contributed by atoms with E-state index in [-0.39, 0.29) is 24.2 Å². The molecule has 0 spiro atoms. The van der Waals surface area contributed by atoms with Gasteiger partial charge in [-0.15, -0.1) is 0 Å². The van der Waals surface area contributed by atoms with Gasteiger partial charge in [0.25, 0.3) is 5.91 Å². The monoisotopic (exact) mass is 434 g/mol. The SMILES string of the molecule is COc1ccc(/C=N/NC(=O)COc2cc(C)c(Br)cc2C(C)C)cc1O. The number of amides is 1. The fraction of sp³-hybridized carbons (Fsp3) is 0.300. The summed E-state index contributed by atoms with van der Waals surface area (Å²) in [5.74, 6) is 0.947. The number of hydrogen-bond acceptors (Lipinski definition) is 5. The van der Waals surface area contributed by atoms with Gasteiger partial charge < -0.3 is 14.6 Å². The number of benzene rings is 2. The Kier molecular flexibility index (Phi) is 7.24. The summed E-state index contributed by atoms with van der Waals surface area (Å²) in [6.07, 6.45) is 1.43. The van der Waals surface area contributed by atoms with Crippen LogP contribution in [0.3, 0.4) is 0 Å². The van der Waals surface area contributed by atoms with Crippen LogP contribution in [0, 0.1) is 6.92 Å². The molecule has 0 aliphatic rings. The van der Waals surface area contributed by atoms with Crippen molar-refractivity contribution in [2.45, 2.75) is 26.7 Å². The first-order valence-corrected chi connectivity index (χ1v) is 9.23. The number of phenolic OH excluding ortho intramolecular Hbond substituents is 1. The second kappa shape index (κ2) is 9.41. The normalized spacial score (nSPS) is 11.0.